The van der Waals surface area contributed by atoms with Crippen LogP contribution in [-0.4, -0.2) is 37.2 Å². The van der Waals surface area contributed by atoms with Crippen LogP contribution in [0.3, 0.4) is 0 Å². The van der Waals surface area contributed by atoms with Gasteiger partial charge in [-0.1, -0.05) is 199 Å². The third-order valence-electron chi connectivity index (χ3n) is 10.6. The van der Waals surface area contributed by atoms with Crippen molar-refractivity contribution in [3.63, 3.8) is 0 Å². The summed E-state index contributed by atoms with van der Waals surface area (Å²) in [5, 5.41) is 0. The van der Waals surface area contributed by atoms with Crippen LogP contribution in [0.1, 0.15) is 213 Å². The highest BCUT2D eigenvalue weighted by molar-refractivity contribution is 5.71. The largest absolute Gasteiger partial charge is 0.462 e. The molecule has 0 unspecified atom stereocenters. The van der Waals surface area contributed by atoms with E-state index in [1.807, 2.05) is 0 Å². The lowest BCUT2D eigenvalue weighted by atomic mass is 10.1. The fourth-order valence-corrected chi connectivity index (χ4v) is 6.67. The van der Waals surface area contributed by atoms with Crippen molar-refractivity contribution in [3.8, 4) is 0 Å². The smallest absolute Gasteiger partial charge is 0.306 e. The molecule has 0 heterocycles. The Hall–Kier alpha value is -4.45. The maximum atomic E-state index is 12.8. The Morgan fingerprint density at radius 3 is 0.970 bits per heavy atom. The Kier molecular flexibility index (Phi) is 50.6. The minimum absolute atomic E-state index is 0.119. The van der Waals surface area contributed by atoms with Crippen molar-refractivity contribution in [2.75, 3.05) is 13.2 Å². The highest BCUT2D eigenvalue weighted by atomic mass is 16.6. The number of hydrogen-bond acceptors (Lipinski definition) is 6. The van der Waals surface area contributed by atoms with Gasteiger partial charge in [0.15, 0.2) is 6.10 Å². The predicted octanol–water partition coefficient (Wildman–Crippen LogP) is 17.9. The Balaban J connectivity index is 4.57. The van der Waals surface area contributed by atoms with Crippen LogP contribution in [-0.2, 0) is 28.6 Å². The second-order valence-corrected chi connectivity index (χ2v) is 17.0. The molecule has 0 radical (unpaired) electrons. The summed E-state index contributed by atoms with van der Waals surface area (Å²) in [6, 6.07) is 0. The fraction of sp³-hybridized carbons (Fsp3) is 0.590. The molecule has 0 amide bonds. The van der Waals surface area contributed by atoms with Gasteiger partial charge in [-0.2, -0.15) is 0 Å². The zero-order chi connectivity index (χ0) is 48.6. The number of hydrogen-bond donors (Lipinski definition) is 0. The van der Waals surface area contributed by atoms with E-state index in [0.717, 1.165) is 141 Å². The maximum absolute atomic E-state index is 12.8. The zero-order valence-corrected chi connectivity index (χ0v) is 42.9. The Morgan fingerprint density at radius 2 is 0.597 bits per heavy atom. The molecule has 0 saturated heterocycles. The van der Waals surface area contributed by atoms with Crippen LogP contribution in [0.4, 0.5) is 0 Å². The van der Waals surface area contributed by atoms with Gasteiger partial charge in [0.1, 0.15) is 13.2 Å². The molecule has 0 aromatic carbocycles. The lowest BCUT2D eigenvalue weighted by Gasteiger charge is -2.18. The molecule has 0 aromatic rings. The van der Waals surface area contributed by atoms with Gasteiger partial charge in [0, 0.05) is 19.3 Å². The number of ether oxygens (including phenoxy) is 3. The molecule has 1 atom stereocenters. The number of rotatable bonds is 46. The first-order valence-corrected chi connectivity index (χ1v) is 26.7. The number of esters is 3. The Labute approximate surface area is 411 Å². The van der Waals surface area contributed by atoms with Crippen LogP contribution >= 0.6 is 0 Å². The van der Waals surface area contributed by atoms with Crippen molar-refractivity contribution in [2.24, 2.45) is 0 Å². The van der Waals surface area contributed by atoms with Crippen molar-refractivity contribution in [2.45, 2.75) is 219 Å². The average Bonchev–Trinajstić information content (AvgIpc) is 3.33. The lowest BCUT2D eigenvalue weighted by Crippen LogP contribution is -2.30. The molecule has 0 aliphatic rings. The van der Waals surface area contributed by atoms with E-state index in [4.69, 9.17) is 14.2 Å². The van der Waals surface area contributed by atoms with Gasteiger partial charge in [0.25, 0.3) is 0 Å². The number of carbonyl (C=O) groups excluding carboxylic acids is 3. The van der Waals surface area contributed by atoms with E-state index in [1.165, 1.54) is 25.7 Å². The number of unbranched alkanes of at least 4 members (excludes halogenated alkanes) is 13. The first-order valence-electron chi connectivity index (χ1n) is 26.7. The van der Waals surface area contributed by atoms with E-state index < -0.39 is 6.10 Å². The molecule has 0 saturated carbocycles. The molecule has 6 heteroatoms. The molecule has 0 N–H and O–H groups in total. The highest BCUT2D eigenvalue weighted by Crippen LogP contribution is 2.12. The van der Waals surface area contributed by atoms with Crippen molar-refractivity contribution < 1.29 is 28.6 Å². The summed E-state index contributed by atoms with van der Waals surface area (Å²) >= 11 is 0. The van der Waals surface area contributed by atoms with Crippen LogP contribution < -0.4 is 0 Å². The fourth-order valence-electron chi connectivity index (χ4n) is 6.67. The Bertz CT molecular complexity index is 1480. The van der Waals surface area contributed by atoms with Gasteiger partial charge in [-0.05, 0) is 128 Å². The molecule has 0 spiro atoms. The lowest BCUT2D eigenvalue weighted by molar-refractivity contribution is -0.167. The third kappa shape index (κ3) is 52.4. The molecule has 376 valence electrons. The van der Waals surface area contributed by atoms with Crippen LogP contribution in [0, 0.1) is 0 Å². The predicted molar refractivity (Wildman–Crippen MR) is 288 cm³/mol. The summed E-state index contributed by atoms with van der Waals surface area (Å²) in [6.07, 6.45) is 75.8. The average molecular weight is 925 g/mol. The molecule has 0 fully saturated rings. The first kappa shape index (κ1) is 62.5. The molecule has 67 heavy (non-hydrogen) atoms. The number of allylic oxidation sites excluding steroid dienone is 22. The molecule has 0 aliphatic carbocycles. The van der Waals surface area contributed by atoms with Crippen molar-refractivity contribution >= 4 is 17.9 Å². The monoisotopic (exact) mass is 925 g/mol. The van der Waals surface area contributed by atoms with E-state index >= 15 is 0 Å². The molecule has 0 bridgehead atoms. The van der Waals surface area contributed by atoms with E-state index in [2.05, 4.69) is 154 Å². The summed E-state index contributed by atoms with van der Waals surface area (Å²) in [5.74, 6) is -1.02. The Morgan fingerprint density at radius 1 is 0.313 bits per heavy atom. The highest BCUT2D eigenvalue weighted by Gasteiger charge is 2.19. The quantitative estimate of drug-likeness (QED) is 0.0262. The van der Waals surface area contributed by atoms with Crippen LogP contribution in [0.25, 0.3) is 0 Å². The van der Waals surface area contributed by atoms with Gasteiger partial charge in [-0.3, -0.25) is 14.4 Å². The standard InChI is InChI=1S/C61H96O6/c1-4-7-10-13-16-19-22-25-28-30-33-35-38-41-44-47-50-53-59(62)65-56-58(67-61(64)55-52-49-46-43-40-37-32-27-24-21-18-15-12-9-6-3)57-66-60(63)54-51-48-45-42-39-36-34-31-29-26-23-20-17-14-11-8-5-2/h7-8,10-11,16-21,25-29,32-36,41,44,58H,4-6,9,12-15,22-24,30-31,37-40,42-43,45-57H2,1-3H3/b10-7-,11-8-,19-16-,20-17-,21-18-,28-25-,29-26-,32-27-,35-33-,36-34-,44-41-/t58-/m1/s1. The molecular weight excluding hydrogens is 829 g/mol. The SMILES string of the molecule is CC/C=C\C/C=C\C/C=C\C/C=C\C/C=C\CCCC(=O)OC[C@H](COC(=O)CCCCCC/C=C\C/C=C\C/C=C\C/C=C\CC)OC(=O)CCCCCCC/C=C\C/C=C\CCCCC. The molecule has 0 rings (SSSR count). The van der Waals surface area contributed by atoms with Crippen molar-refractivity contribution in [1.82, 2.24) is 0 Å². The summed E-state index contributed by atoms with van der Waals surface area (Å²) in [7, 11) is 0. The molecule has 6 nitrogen and oxygen atoms in total. The maximum Gasteiger partial charge on any atom is 0.306 e. The van der Waals surface area contributed by atoms with Gasteiger partial charge in [-0.15, -0.1) is 0 Å². The summed E-state index contributed by atoms with van der Waals surface area (Å²) < 4.78 is 16.7. The van der Waals surface area contributed by atoms with Crippen molar-refractivity contribution in [3.05, 3.63) is 134 Å². The minimum Gasteiger partial charge on any atom is -0.462 e. The number of carbonyl (C=O) groups is 3. The van der Waals surface area contributed by atoms with Gasteiger partial charge in [-0.25, -0.2) is 0 Å². The zero-order valence-electron chi connectivity index (χ0n) is 42.9. The van der Waals surface area contributed by atoms with E-state index in [1.54, 1.807) is 0 Å². The van der Waals surface area contributed by atoms with Gasteiger partial charge >= 0.3 is 17.9 Å². The van der Waals surface area contributed by atoms with Gasteiger partial charge < -0.3 is 14.2 Å². The topological polar surface area (TPSA) is 78.9 Å². The van der Waals surface area contributed by atoms with E-state index in [9.17, 15) is 14.4 Å². The second kappa shape index (κ2) is 54.2. The molecular formula is C61H96O6. The summed E-state index contributed by atoms with van der Waals surface area (Å²) in [4.78, 5) is 38.1. The minimum atomic E-state index is -0.824. The normalized spacial score (nSPS) is 13.2. The molecule has 0 aliphatic heterocycles. The summed E-state index contributed by atoms with van der Waals surface area (Å²) in [5.41, 5.74) is 0. The molecule has 0 aromatic heterocycles. The van der Waals surface area contributed by atoms with Crippen LogP contribution in [0.2, 0.25) is 0 Å². The van der Waals surface area contributed by atoms with E-state index in [0.29, 0.717) is 12.8 Å². The second-order valence-electron chi connectivity index (χ2n) is 17.0. The van der Waals surface area contributed by atoms with Crippen molar-refractivity contribution in [1.29, 1.82) is 0 Å². The van der Waals surface area contributed by atoms with Crippen LogP contribution in [0.15, 0.2) is 134 Å². The third-order valence-corrected chi connectivity index (χ3v) is 10.6. The van der Waals surface area contributed by atoms with Gasteiger partial charge in [0.05, 0.1) is 0 Å². The van der Waals surface area contributed by atoms with Crippen LogP contribution in [0.5, 0.6) is 0 Å². The first-order chi connectivity index (χ1) is 33.0. The summed E-state index contributed by atoms with van der Waals surface area (Å²) in [6.45, 7) is 6.28. The van der Waals surface area contributed by atoms with Gasteiger partial charge in [0.2, 0.25) is 0 Å². The van der Waals surface area contributed by atoms with E-state index in [-0.39, 0.29) is 44.0 Å².